The Kier molecular flexibility index (Phi) is 4.82. The molecule has 1 aromatic rings. The predicted octanol–water partition coefficient (Wildman–Crippen LogP) is 3.83. The van der Waals surface area contributed by atoms with Crippen molar-refractivity contribution in [1.82, 2.24) is 4.90 Å². The van der Waals surface area contributed by atoms with E-state index in [1.165, 1.54) is 6.07 Å². The molecule has 1 aliphatic heterocycles. The van der Waals surface area contributed by atoms with Gasteiger partial charge in [-0.1, -0.05) is 6.07 Å². The lowest BCUT2D eigenvalue weighted by Gasteiger charge is -2.38. The molecule has 124 valence electrons. The topological polar surface area (TPSA) is 23.5 Å². The molecule has 1 heterocycles. The minimum absolute atomic E-state index is 0.0822. The van der Waals surface area contributed by atoms with Crippen LogP contribution in [0.4, 0.5) is 17.6 Å². The number of hydrogen-bond acceptors (Lipinski definition) is 2. The number of benzene rings is 1. The van der Waals surface area contributed by atoms with Crippen LogP contribution in [0, 0.1) is 11.7 Å². The van der Waals surface area contributed by atoms with Gasteiger partial charge in [0.15, 0.2) is 0 Å². The number of halogens is 4. The fourth-order valence-corrected chi connectivity index (χ4v) is 2.87. The molecule has 1 fully saturated rings. The molecule has 0 amide bonds. The molecule has 0 aromatic heterocycles. The Morgan fingerprint density at radius 3 is 2.50 bits per heavy atom. The van der Waals surface area contributed by atoms with Gasteiger partial charge in [-0.2, -0.15) is 13.2 Å². The molecule has 22 heavy (non-hydrogen) atoms. The lowest BCUT2D eigenvalue weighted by Crippen LogP contribution is -2.44. The van der Waals surface area contributed by atoms with Crippen LogP contribution in [0.3, 0.4) is 0 Å². The third kappa shape index (κ3) is 4.20. The van der Waals surface area contributed by atoms with E-state index in [9.17, 15) is 22.7 Å². The molecular formula is C16H21F4NO. The van der Waals surface area contributed by atoms with Gasteiger partial charge in [0.25, 0.3) is 0 Å². The molecule has 0 radical (unpaired) electrons. The molecule has 1 saturated heterocycles. The number of hydrogen-bond donors (Lipinski definition) is 1. The SMILES string of the molecule is CC(C)(O)C1CCCN(Cc2ccc(C(F)(F)F)cc2F)C1. The van der Waals surface area contributed by atoms with Crippen molar-refractivity contribution in [3.05, 3.63) is 35.1 Å². The average Bonchev–Trinajstić information content (AvgIpc) is 2.39. The zero-order valence-electron chi connectivity index (χ0n) is 12.8. The van der Waals surface area contributed by atoms with Gasteiger partial charge in [-0.05, 0) is 51.3 Å². The van der Waals surface area contributed by atoms with E-state index in [0.717, 1.165) is 25.5 Å². The lowest BCUT2D eigenvalue weighted by atomic mass is 9.84. The number of rotatable bonds is 3. The van der Waals surface area contributed by atoms with Crippen molar-refractivity contribution >= 4 is 0 Å². The molecule has 2 nitrogen and oxygen atoms in total. The van der Waals surface area contributed by atoms with Gasteiger partial charge in [-0.25, -0.2) is 4.39 Å². The highest BCUT2D eigenvalue weighted by Gasteiger charge is 2.33. The average molecular weight is 319 g/mol. The van der Waals surface area contributed by atoms with Gasteiger partial charge in [-0.15, -0.1) is 0 Å². The van der Waals surface area contributed by atoms with Crippen LogP contribution in [0.25, 0.3) is 0 Å². The Morgan fingerprint density at radius 2 is 1.95 bits per heavy atom. The van der Waals surface area contributed by atoms with Gasteiger partial charge in [0.05, 0.1) is 11.2 Å². The summed E-state index contributed by atoms with van der Waals surface area (Å²) in [4.78, 5) is 1.98. The summed E-state index contributed by atoms with van der Waals surface area (Å²) in [6, 6.07) is 2.66. The lowest BCUT2D eigenvalue weighted by molar-refractivity contribution is -0.137. The summed E-state index contributed by atoms with van der Waals surface area (Å²) >= 11 is 0. The summed E-state index contributed by atoms with van der Waals surface area (Å²) in [6.45, 7) is 5.13. The van der Waals surface area contributed by atoms with Crippen molar-refractivity contribution in [2.75, 3.05) is 13.1 Å². The van der Waals surface area contributed by atoms with E-state index in [2.05, 4.69) is 0 Å². The van der Waals surface area contributed by atoms with Crippen molar-refractivity contribution in [3.8, 4) is 0 Å². The van der Waals surface area contributed by atoms with E-state index in [0.29, 0.717) is 12.6 Å². The smallest absolute Gasteiger partial charge is 0.390 e. The summed E-state index contributed by atoms with van der Waals surface area (Å²) < 4.78 is 51.5. The molecule has 1 atom stereocenters. The quantitative estimate of drug-likeness (QED) is 0.856. The van der Waals surface area contributed by atoms with Crippen molar-refractivity contribution < 1.29 is 22.7 Å². The second-order valence-electron chi connectivity index (χ2n) is 6.53. The van der Waals surface area contributed by atoms with E-state index in [-0.39, 0.29) is 18.0 Å². The van der Waals surface area contributed by atoms with Gasteiger partial charge in [0.2, 0.25) is 0 Å². The monoisotopic (exact) mass is 319 g/mol. The van der Waals surface area contributed by atoms with Gasteiger partial charge in [0.1, 0.15) is 5.82 Å². The first-order valence-electron chi connectivity index (χ1n) is 7.37. The van der Waals surface area contributed by atoms with E-state index < -0.39 is 23.2 Å². The van der Waals surface area contributed by atoms with E-state index >= 15 is 0 Å². The second-order valence-corrected chi connectivity index (χ2v) is 6.53. The highest BCUT2D eigenvalue weighted by Crippen LogP contribution is 2.31. The normalized spacial score (nSPS) is 21.1. The van der Waals surface area contributed by atoms with Crippen LogP contribution < -0.4 is 0 Å². The van der Waals surface area contributed by atoms with E-state index in [1.54, 1.807) is 13.8 Å². The molecule has 2 rings (SSSR count). The zero-order chi connectivity index (χ0) is 16.5. The Bertz CT molecular complexity index is 522. The summed E-state index contributed by atoms with van der Waals surface area (Å²) in [5.41, 5.74) is -1.52. The van der Waals surface area contributed by atoms with Crippen LogP contribution in [0.2, 0.25) is 0 Å². The largest absolute Gasteiger partial charge is 0.416 e. The fourth-order valence-electron chi connectivity index (χ4n) is 2.87. The maximum atomic E-state index is 13.9. The Morgan fingerprint density at radius 1 is 1.27 bits per heavy atom. The Hall–Kier alpha value is -1.14. The summed E-state index contributed by atoms with van der Waals surface area (Å²) in [7, 11) is 0. The van der Waals surface area contributed by atoms with Gasteiger partial charge < -0.3 is 5.11 Å². The van der Waals surface area contributed by atoms with Gasteiger partial charge in [-0.3, -0.25) is 4.90 Å². The highest BCUT2D eigenvalue weighted by atomic mass is 19.4. The molecule has 0 aliphatic carbocycles. The Balaban J connectivity index is 2.08. The first-order valence-corrected chi connectivity index (χ1v) is 7.37. The minimum atomic E-state index is -4.53. The zero-order valence-corrected chi connectivity index (χ0v) is 12.8. The van der Waals surface area contributed by atoms with E-state index in [4.69, 9.17) is 0 Å². The first kappa shape index (κ1) is 17.2. The van der Waals surface area contributed by atoms with Crippen molar-refractivity contribution in [3.63, 3.8) is 0 Å². The summed E-state index contributed by atoms with van der Waals surface area (Å²) in [5, 5.41) is 10.1. The minimum Gasteiger partial charge on any atom is -0.390 e. The molecule has 1 unspecified atom stereocenters. The third-order valence-corrected chi connectivity index (χ3v) is 4.28. The second kappa shape index (κ2) is 6.16. The number of alkyl halides is 3. The highest BCUT2D eigenvalue weighted by molar-refractivity contribution is 5.26. The Labute approximate surface area is 127 Å². The van der Waals surface area contributed by atoms with Crippen molar-refractivity contribution in [2.24, 2.45) is 5.92 Å². The summed E-state index contributed by atoms with van der Waals surface area (Å²) in [6.07, 6.45) is -2.75. The van der Waals surface area contributed by atoms with Crippen LogP contribution in [0.15, 0.2) is 18.2 Å². The van der Waals surface area contributed by atoms with Crippen molar-refractivity contribution in [1.29, 1.82) is 0 Å². The van der Waals surface area contributed by atoms with E-state index in [1.807, 2.05) is 4.90 Å². The number of likely N-dealkylation sites (tertiary alicyclic amines) is 1. The predicted molar refractivity (Wildman–Crippen MR) is 75.7 cm³/mol. The number of aliphatic hydroxyl groups is 1. The van der Waals surface area contributed by atoms with Crippen LogP contribution in [-0.2, 0) is 12.7 Å². The molecule has 0 saturated carbocycles. The molecular weight excluding hydrogens is 298 g/mol. The standard InChI is InChI=1S/C16H21F4NO/c1-15(2,22)13-4-3-7-21(10-13)9-11-5-6-12(8-14(11)17)16(18,19)20/h5-6,8,13,22H,3-4,7,9-10H2,1-2H3. The maximum Gasteiger partial charge on any atom is 0.416 e. The molecule has 1 N–H and O–H groups in total. The van der Waals surface area contributed by atoms with Crippen LogP contribution >= 0.6 is 0 Å². The molecule has 1 aliphatic rings. The van der Waals surface area contributed by atoms with Crippen LogP contribution in [0.1, 0.15) is 37.8 Å². The van der Waals surface area contributed by atoms with Crippen LogP contribution in [0.5, 0.6) is 0 Å². The van der Waals surface area contributed by atoms with Gasteiger partial charge in [0, 0.05) is 18.7 Å². The molecule has 6 heteroatoms. The maximum absolute atomic E-state index is 13.9. The number of piperidine rings is 1. The van der Waals surface area contributed by atoms with Crippen molar-refractivity contribution in [2.45, 2.75) is 45.0 Å². The molecule has 1 aromatic carbocycles. The van der Waals surface area contributed by atoms with Crippen LogP contribution in [-0.4, -0.2) is 28.7 Å². The fraction of sp³-hybridized carbons (Fsp3) is 0.625. The van der Waals surface area contributed by atoms with Gasteiger partial charge >= 0.3 is 6.18 Å². The number of nitrogens with zero attached hydrogens (tertiary/aromatic N) is 1. The third-order valence-electron chi connectivity index (χ3n) is 4.28. The summed E-state index contributed by atoms with van der Waals surface area (Å²) in [5.74, 6) is -0.751. The molecule has 0 spiro atoms. The first-order chi connectivity index (χ1) is 10.1. The molecule has 0 bridgehead atoms.